The smallest absolute Gasteiger partial charge is 0.241 e. The normalized spacial score (nSPS) is 34.4. The van der Waals surface area contributed by atoms with E-state index < -0.39 is 0 Å². The van der Waals surface area contributed by atoms with Crippen molar-refractivity contribution in [2.45, 2.75) is 76.9 Å². The van der Waals surface area contributed by atoms with Crippen LogP contribution in [-0.2, 0) is 4.79 Å². The number of amides is 1. The molecule has 21 heavy (non-hydrogen) atoms. The highest BCUT2D eigenvalue weighted by Gasteiger charge is 2.47. The van der Waals surface area contributed by atoms with Crippen molar-refractivity contribution < 1.29 is 4.79 Å². The summed E-state index contributed by atoms with van der Waals surface area (Å²) >= 11 is 0. The van der Waals surface area contributed by atoms with Crippen molar-refractivity contribution in [3.63, 3.8) is 0 Å². The van der Waals surface area contributed by atoms with E-state index >= 15 is 0 Å². The first-order chi connectivity index (χ1) is 10.3. The van der Waals surface area contributed by atoms with E-state index in [4.69, 9.17) is 0 Å². The van der Waals surface area contributed by atoms with Gasteiger partial charge >= 0.3 is 0 Å². The lowest BCUT2D eigenvalue weighted by atomic mass is 9.95. The Bertz CT molecular complexity index is 384. The number of hydrogen-bond donors (Lipinski definition) is 1. The lowest BCUT2D eigenvalue weighted by Gasteiger charge is -2.32. The fourth-order valence-corrected chi connectivity index (χ4v) is 4.82. The lowest BCUT2D eigenvalue weighted by molar-refractivity contribution is -0.131. The monoisotopic (exact) mass is 290 g/mol. The SMILES string of the molecule is CCC1NC(C2CCCC2)N(CC(C2CC2)C2CC2)C1=O. The summed E-state index contributed by atoms with van der Waals surface area (Å²) in [6, 6.07) is 0.0923. The van der Waals surface area contributed by atoms with Crippen LogP contribution in [0.1, 0.15) is 64.7 Å². The first kappa shape index (κ1) is 14.0. The molecule has 3 nitrogen and oxygen atoms in total. The Morgan fingerprint density at radius 3 is 2.24 bits per heavy atom. The molecule has 118 valence electrons. The quantitative estimate of drug-likeness (QED) is 0.815. The van der Waals surface area contributed by atoms with Gasteiger partial charge in [0.15, 0.2) is 0 Å². The average molecular weight is 290 g/mol. The van der Waals surface area contributed by atoms with Crippen molar-refractivity contribution in [2.75, 3.05) is 6.54 Å². The molecule has 4 fully saturated rings. The predicted octanol–water partition coefficient (Wildman–Crippen LogP) is 3.15. The van der Waals surface area contributed by atoms with Gasteiger partial charge in [0.05, 0.1) is 12.2 Å². The Labute approximate surface area is 128 Å². The summed E-state index contributed by atoms with van der Waals surface area (Å²) in [6.07, 6.45) is 12.3. The number of hydrogen-bond acceptors (Lipinski definition) is 2. The van der Waals surface area contributed by atoms with E-state index in [1.165, 1.54) is 51.4 Å². The molecule has 4 rings (SSSR count). The molecule has 3 heteroatoms. The highest BCUT2D eigenvalue weighted by atomic mass is 16.2. The molecule has 1 N–H and O–H groups in total. The van der Waals surface area contributed by atoms with Gasteiger partial charge in [-0.05, 0) is 68.6 Å². The number of rotatable bonds is 6. The van der Waals surface area contributed by atoms with Gasteiger partial charge in [-0.2, -0.15) is 0 Å². The zero-order valence-electron chi connectivity index (χ0n) is 13.4. The van der Waals surface area contributed by atoms with Crippen molar-refractivity contribution in [3.8, 4) is 0 Å². The lowest BCUT2D eigenvalue weighted by Crippen LogP contribution is -2.45. The second-order valence-corrected chi connectivity index (χ2v) is 7.95. The van der Waals surface area contributed by atoms with Gasteiger partial charge in [0.1, 0.15) is 0 Å². The average Bonchev–Trinajstić information content (AvgIpc) is 3.42. The summed E-state index contributed by atoms with van der Waals surface area (Å²) < 4.78 is 0. The number of nitrogens with zero attached hydrogens (tertiary/aromatic N) is 1. The number of carbonyl (C=O) groups excluding carboxylic acids is 1. The standard InChI is InChI=1S/C18H30N2O/c1-2-16-18(21)20(17(19-16)14-5-3-4-6-14)11-15(12-7-8-12)13-9-10-13/h12-17,19H,2-11H2,1H3. The topological polar surface area (TPSA) is 32.3 Å². The van der Waals surface area contributed by atoms with Crippen molar-refractivity contribution in [2.24, 2.45) is 23.7 Å². The van der Waals surface area contributed by atoms with Gasteiger partial charge in [-0.3, -0.25) is 10.1 Å². The second-order valence-electron chi connectivity index (χ2n) is 7.95. The molecule has 0 aromatic rings. The van der Waals surface area contributed by atoms with Gasteiger partial charge in [0.2, 0.25) is 5.91 Å². The third kappa shape index (κ3) is 2.74. The maximum absolute atomic E-state index is 12.8. The van der Waals surface area contributed by atoms with Crippen molar-refractivity contribution in [1.29, 1.82) is 0 Å². The van der Waals surface area contributed by atoms with Gasteiger partial charge < -0.3 is 4.90 Å². The summed E-state index contributed by atoms with van der Waals surface area (Å²) in [5.41, 5.74) is 0. The molecule has 3 aliphatic carbocycles. The predicted molar refractivity (Wildman–Crippen MR) is 83.6 cm³/mol. The molecule has 3 saturated carbocycles. The zero-order valence-corrected chi connectivity index (χ0v) is 13.4. The molecule has 1 heterocycles. The van der Waals surface area contributed by atoms with Crippen LogP contribution in [0.2, 0.25) is 0 Å². The van der Waals surface area contributed by atoms with Crippen LogP contribution >= 0.6 is 0 Å². The Morgan fingerprint density at radius 1 is 1.10 bits per heavy atom. The van der Waals surface area contributed by atoms with Crippen LogP contribution in [0.5, 0.6) is 0 Å². The zero-order chi connectivity index (χ0) is 14.4. The highest BCUT2D eigenvalue weighted by Crippen LogP contribution is 2.50. The van der Waals surface area contributed by atoms with Crippen LogP contribution in [0.4, 0.5) is 0 Å². The highest BCUT2D eigenvalue weighted by molar-refractivity contribution is 5.84. The van der Waals surface area contributed by atoms with E-state index in [0.29, 0.717) is 18.0 Å². The molecule has 1 saturated heterocycles. The Kier molecular flexibility index (Phi) is 3.72. The van der Waals surface area contributed by atoms with Crippen LogP contribution in [0.25, 0.3) is 0 Å². The molecular weight excluding hydrogens is 260 g/mol. The third-order valence-electron chi connectivity index (χ3n) is 6.41. The fourth-order valence-electron chi connectivity index (χ4n) is 4.82. The molecule has 0 radical (unpaired) electrons. The molecule has 1 amide bonds. The summed E-state index contributed by atoms with van der Waals surface area (Å²) in [4.78, 5) is 15.1. The maximum atomic E-state index is 12.8. The number of nitrogens with one attached hydrogen (secondary N) is 1. The molecule has 0 spiro atoms. The van der Waals surface area contributed by atoms with E-state index in [2.05, 4.69) is 17.1 Å². The third-order valence-corrected chi connectivity index (χ3v) is 6.41. The van der Waals surface area contributed by atoms with Gasteiger partial charge in [0.25, 0.3) is 0 Å². The van der Waals surface area contributed by atoms with Gasteiger partial charge in [-0.1, -0.05) is 19.8 Å². The van der Waals surface area contributed by atoms with Crippen LogP contribution < -0.4 is 5.32 Å². The van der Waals surface area contributed by atoms with E-state index in [9.17, 15) is 4.79 Å². The van der Waals surface area contributed by atoms with Gasteiger partial charge in [-0.15, -0.1) is 0 Å². The van der Waals surface area contributed by atoms with Crippen LogP contribution in [0, 0.1) is 23.7 Å². The van der Waals surface area contributed by atoms with E-state index in [1.807, 2.05) is 0 Å². The minimum Gasteiger partial charge on any atom is -0.325 e. The summed E-state index contributed by atoms with van der Waals surface area (Å²) in [5, 5.41) is 3.68. The second kappa shape index (κ2) is 5.57. The van der Waals surface area contributed by atoms with E-state index in [-0.39, 0.29) is 6.04 Å². The van der Waals surface area contributed by atoms with Crippen molar-refractivity contribution in [1.82, 2.24) is 10.2 Å². The van der Waals surface area contributed by atoms with Crippen LogP contribution in [-0.4, -0.2) is 29.6 Å². The number of carbonyl (C=O) groups is 1. The molecular formula is C18H30N2O. The Morgan fingerprint density at radius 2 is 1.71 bits per heavy atom. The summed E-state index contributed by atoms with van der Waals surface area (Å²) in [6.45, 7) is 3.20. The van der Waals surface area contributed by atoms with Gasteiger partial charge in [0, 0.05) is 6.54 Å². The fraction of sp³-hybridized carbons (Fsp3) is 0.944. The molecule has 1 aliphatic heterocycles. The van der Waals surface area contributed by atoms with Crippen LogP contribution in [0.3, 0.4) is 0 Å². The first-order valence-corrected chi connectivity index (χ1v) is 9.34. The largest absolute Gasteiger partial charge is 0.325 e. The maximum Gasteiger partial charge on any atom is 0.241 e. The Balaban J connectivity index is 1.49. The van der Waals surface area contributed by atoms with E-state index in [1.54, 1.807) is 0 Å². The minimum absolute atomic E-state index is 0.0923. The minimum atomic E-state index is 0.0923. The molecule has 2 unspecified atom stereocenters. The molecule has 0 bridgehead atoms. The molecule has 4 aliphatic rings. The molecule has 0 aromatic carbocycles. The molecule has 2 atom stereocenters. The molecule has 0 aromatic heterocycles. The van der Waals surface area contributed by atoms with Crippen molar-refractivity contribution in [3.05, 3.63) is 0 Å². The Hall–Kier alpha value is -0.570. The summed E-state index contributed by atoms with van der Waals surface area (Å²) in [7, 11) is 0. The summed E-state index contributed by atoms with van der Waals surface area (Å²) in [5.74, 6) is 3.81. The van der Waals surface area contributed by atoms with Crippen molar-refractivity contribution >= 4 is 5.91 Å². The van der Waals surface area contributed by atoms with Crippen LogP contribution in [0.15, 0.2) is 0 Å². The first-order valence-electron chi connectivity index (χ1n) is 9.34. The van der Waals surface area contributed by atoms with Gasteiger partial charge in [-0.25, -0.2) is 0 Å². The van der Waals surface area contributed by atoms with E-state index in [0.717, 1.165) is 30.7 Å².